The van der Waals surface area contributed by atoms with Crippen LogP contribution in [0.25, 0.3) is 11.1 Å². The summed E-state index contributed by atoms with van der Waals surface area (Å²) in [4.78, 5) is 32.8. The second-order valence-corrected chi connectivity index (χ2v) is 8.63. The van der Waals surface area contributed by atoms with Crippen molar-refractivity contribution in [3.8, 4) is 11.1 Å². The van der Waals surface area contributed by atoms with Gasteiger partial charge in [0.25, 0.3) is 5.91 Å². The summed E-state index contributed by atoms with van der Waals surface area (Å²) < 4.78 is 0. The van der Waals surface area contributed by atoms with Crippen LogP contribution in [0.4, 0.5) is 0 Å². The average molecular weight is 492 g/mol. The molecule has 0 saturated carbocycles. The number of oxime groups is 1. The molecule has 1 heterocycles. The average Bonchev–Trinajstić information content (AvgIpc) is 3.32. The minimum Gasteiger partial charge on any atom is -0.399 e. The highest BCUT2D eigenvalue weighted by Gasteiger charge is 2.38. The van der Waals surface area contributed by atoms with Crippen molar-refractivity contribution in [3.63, 3.8) is 0 Å². The maximum absolute atomic E-state index is 13.4. The van der Waals surface area contributed by atoms with Crippen LogP contribution in [0.15, 0.2) is 84.0 Å². The number of carbonyl (C=O) groups excluding carboxylic acids is 2. The Hall–Kier alpha value is -3.68. The Morgan fingerprint density at radius 2 is 1.77 bits per heavy atom. The van der Waals surface area contributed by atoms with E-state index < -0.39 is 12.1 Å². The predicted molar refractivity (Wildman–Crippen MR) is 135 cm³/mol. The van der Waals surface area contributed by atoms with Crippen LogP contribution in [0.1, 0.15) is 28.4 Å². The first-order valence-corrected chi connectivity index (χ1v) is 11.6. The Morgan fingerprint density at radius 3 is 2.46 bits per heavy atom. The molecule has 2 amide bonds. The minimum atomic E-state index is -0.852. The van der Waals surface area contributed by atoms with Crippen LogP contribution < -0.4 is 5.32 Å². The summed E-state index contributed by atoms with van der Waals surface area (Å²) in [6.45, 7) is 0.211. The lowest BCUT2D eigenvalue weighted by Crippen LogP contribution is -2.46. The first kappa shape index (κ1) is 24.4. The van der Waals surface area contributed by atoms with E-state index in [0.29, 0.717) is 21.9 Å². The summed E-state index contributed by atoms with van der Waals surface area (Å²) in [5.41, 5.74) is 3.50. The van der Waals surface area contributed by atoms with Crippen LogP contribution in [-0.2, 0) is 9.63 Å². The molecule has 1 aliphatic heterocycles. The van der Waals surface area contributed by atoms with E-state index in [9.17, 15) is 14.7 Å². The molecule has 0 aromatic heterocycles. The van der Waals surface area contributed by atoms with Crippen LogP contribution in [-0.4, -0.2) is 53.8 Å². The number of carbonyl (C=O) groups is 2. The number of nitrogens with zero attached hydrogens (tertiary/aromatic N) is 2. The molecule has 1 aliphatic rings. The summed E-state index contributed by atoms with van der Waals surface area (Å²) in [5.74, 6) is -0.650. The van der Waals surface area contributed by atoms with Gasteiger partial charge in [0.2, 0.25) is 5.91 Å². The van der Waals surface area contributed by atoms with E-state index in [1.807, 2.05) is 54.6 Å². The number of nitrogens with one attached hydrogen (secondary N) is 1. The van der Waals surface area contributed by atoms with Crippen molar-refractivity contribution in [2.45, 2.75) is 18.6 Å². The Bertz CT molecular complexity index is 1210. The molecular weight excluding hydrogens is 466 g/mol. The van der Waals surface area contributed by atoms with Crippen LogP contribution in [0.3, 0.4) is 0 Å². The second kappa shape index (κ2) is 11.2. The van der Waals surface area contributed by atoms with Gasteiger partial charge in [0.15, 0.2) is 0 Å². The summed E-state index contributed by atoms with van der Waals surface area (Å²) in [6, 6.07) is 22.9. The summed E-state index contributed by atoms with van der Waals surface area (Å²) >= 11 is 6.29. The highest BCUT2D eigenvalue weighted by atomic mass is 35.5. The molecule has 0 bridgehead atoms. The Morgan fingerprint density at radius 1 is 1.09 bits per heavy atom. The molecule has 2 atom stereocenters. The van der Waals surface area contributed by atoms with E-state index in [4.69, 9.17) is 16.4 Å². The van der Waals surface area contributed by atoms with Gasteiger partial charge in [-0.25, -0.2) is 0 Å². The number of aliphatic hydroxyl groups is 1. The van der Waals surface area contributed by atoms with Crippen LogP contribution in [0, 0.1) is 0 Å². The fraction of sp³-hybridized carbons (Fsp3) is 0.222. The zero-order chi connectivity index (χ0) is 24.8. The van der Waals surface area contributed by atoms with Gasteiger partial charge in [0.1, 0.15) is 13.2 Å². The van der Waals surface area contributed by atoms with Gasteiger partial charge in [0, 0.05) is 29.1 Å². The van der Waals surface area contributed by atoms with Gasteiger partial charge in [0.05, 0.1) is 18.4 Å². The summed E-state index contributed by atoms with van der Waals surface area (Å²) in [7, 11) is 1.43. The second-order valence-electron chi connectivity index (χ2n) is 8.22. The van der Waals surface area contributed by atoms with E-state index in [1.54, 1.807) is 24.3 Å². The quantitative estimate of drug-likeness (QED) is 0.487. The summed E-state index contributed by atoms with van der Waals surface area (Å²) in [6.07, 6.45) is -0.597. The molecular formula is C27H26ClN3O4. The van der Waals surface area contributed by atoms with Gasteiger partial charge in [-0.2, -0.15) is 0 Å². The van der Waals surface area contributed by atoms with Crippen molar-refractivity contribution in [2.24, 2.45) is 5.16 Å². The van der Waals surface area contributed by atoms with Crippen molar-refractivity contribution in [2.75, 3.05) is 20.2 Å². The van der Waals surface area contributed by atoms with E-state index in [2.05, 4.69) is 10.5 Å². The monoisotopic (exact) mass is 491 g/mol. The Labute approximate surface area is 209 Å². The third kappa shape index (κ3) is 5.70. The molecule has 1 fully saturated rings. The fourth-order valence-corrected chi connectivity index (χ4v) is 4.35. The molecule has 2 N–H and O–H groups in total. The number of likely N-dealkylation sites (tertiary alicyclic amines) is 1. The fourth-order valence-electron chi connectivity index (χ4n) is 4.11. The first-order valence-electron chi connectivity index (χ1n) is 11.2. The highest BCUT2D eigenvalue weighted by molar-refractivity contribution is 6.33. The standard InChI is InChI=1S/C27H26ClN3O4/c1-35-30-21-15-24(26(33)29-16-25(32)19-7-3-2-4-8-19)31(17-21)27(34)20-13-11-18(12-14-20)22-9-5-6-10-23(22)28/h2-14,24-25,32H,15-17H2,1H3,(H,29,33)/b30-21+/t24-,25+/m0/s1. The SMILES string of the molecule is CO/N=C1\C[C@@H](C(=O)NC[C@@H](O)c2ccccc2)N(C(=O)c2ccc(-c3ccccc3Cl)cc2)C1. The normalized spacial score (nSPS) is 17.3. The molecule has 0 unspecified atom stereocenters. The summed E-state index contributed by atoms with van der Waals surface area (Å²) in [5, 5.41) is 17.8. The van der Waals surface area contributed by atoms with E-state index in [0.717, 1.165) is 11.1 Å². The smallest absolute Gasteiger partial charge is 0.254 e. The van der Waals surface area contributed by atoms with E-state index in [-0.39, 0.29) is 31.3 Å². The molecule has 35 heavy (non-hydrogen) atoms. The van der Waals surface area contributed by atoms with Crippen molar-refractivity contribution in [3.05, 3.63) is 95.0 Å². The first-order chi connectivity index (χ1) is 17.0. The van der Waals surface area contributed by atoms with Crippen LogP contribution in [0.5, 0.6) is 0 Å². The largest absolute Gasteiger partial charge is 0.399 e. The number of hydrogen-bond acceptors (Lipinski definition) is 5. The Balaban J connectivity index is 1.49. The molecule has 3 aromatic rings. The Kier molecular flexibility index (Phi) is 7.80. The van der Waals surface area contributed by atoms with Gasteiger partial charge in [-0.3, -0.25) is 9.59 Å². The van der Waals surface area contributed by atoms with Gasteiger partial charge >= 0.3 is 0 Å². The number of amides is 2. The van der Waals surface area contributed by atoms with Gasteiger partial charge in [-0.05, 0) is 29.3 Å². The number of rotatable bonds is 7. The number of halogens is 1. The van der Waals surface area contributed by atoms with Crippen molar-refractivity contribution in [1.82, 2.24) is 10.2 Å². The van der Waals surface area contributed by atoms with Crippen molar-refractivity contribution >= 4 is 29.1 Å². The predicted octanol–water partition coefficient (Wildman–Crippen LogP) is 4.07. The molecule has 0 spiro atoms. The lowest BCUT2D eigenvalue weighted by molar-refractivity contribution is -0.125. The van der Waals surface area contributed by atoms with Gasteiger partial charge in [-0.15, -0.1) is 0 Å². The van der Waals surface area contributed by atoms with E-state index >= 15 is 0 Å². The highest BCUT2D eigenvalue weighted by Crippen LogP contribution is 2.28. The van der Waals surface area contributed by atoms with Gasteiger partial charge in [-0.1, -0.05) is 77.4 Å². The molecule has 4 rings (SSSR count). The molecule has 8 heteroatoms. The third-order valence-corrected chi connectivity index (χ3v) is 6.24. The lowest BCUT2D eigenvalue weighted by Gasteiger charge is -2.24. The van der Waals surface area contributed by atoms with Crippen LogP contribution >= 0.6 is 11.6 Å². The zero-order valence-corrected chi connectivity index (χ0v) is 20.0. The number of benzene rings is 3. The number of aliphatic hydroxyl groups excluding tert-OH is 1. The lowest BCUT2D eigenvalue weighted by atomic mass is 10.0. The maximum Gasteiger partial charge on any atom is 0.254 e. The maximum atomic E-state index is 13.4. The molecule has 0 radical (unpaired) electrons. The zero-order valence-electron chi connectivity index (χ0n) is 19.2. The van der Waals surface area contributed by atoms with Crippen molar-refractivity contribution in [1.29, 1.82) is 0 Å². The molecule has 0 aliphatic carbocycles. The van der Waals surface area contributed by atoms with Crippen molar-refractivity contribution < 1.29 is 19.5 Å². The molecule has 1 saturated heterocycles. The van der Waals surface area contributed by atoms with Crippen LogP contribution in [0.2, 0.25) is 5.02 Å². The third-order valence-electron chi connectivity index (χ3n) is 5.91. The van der Waals surface area contributed by atoms with Gasteiger partial charge < -0.3 is 20.2 Å². The van der Waals surface area contributed by atoms with E-state index in [1.165, 1.54) is 12.0 Å². The molecule has 7 nitrogen and oxygen atoms in total. The topological polar surface area (TPSA) is 91.2 Å². The minimum absolute atomic E-state index is 0.0324. The molecule has 180 valence electrons. The number of hydrogen-bond donors (Lipinski definition) is 2. The molecule has 3 aromatic carbocycles.